The van der Waals surface area contributed by atoms with Gasteiger partial charge in [-0.1, -0.05) is 30.4 Å². The molecule has 1 saturated heterocycles. The molecule has 0 unspecified atom stereocenters. The number of benzene rings is 1. The molecule has 1 aliphatic rings. The zero-order valence-corrected chi connectivity index (χ0v) is 13.0. The maximum Gasteiger partial charge on any atom is 0.239 e. The number of hydrogen-bond donors (Lipinski definition) is 1. The lowest BCUT2D eigenvalue weighted by Crippen LogP contribution is -2.53. The number of para-hydroxylation sites is 1. The fourth-order valence-electron chi connectivity index (χ4n) is 2.52. The molecule has 3 rings (SSSR count). The maximum atomic E-state index is 12.1. The van der Waals surface area contributed by atoms with E-state index >= 15 is 0 Å². The van der Waals surface area contributed by atoms with Gasteiger partial charge >= 0.3 is 0 Å². The quantitative estimate of drug-likeness (QED) is 0.937. The number of aromatic nitrogens is 1. The van der Waals surface area contributed by atoms with Crippen LogP contribution in [0.5, 0.6) is 0 Å². The Morgan fingerprint density at radius 1 is 1.33 bits per heavy atom. The highest BCUT2D eigenvalue weighted by molar-refractivity contribution is 7.22. The van der Waals surface area contributed by atoms with E-state index in [4.69, 9.17) is 5.73 Å². The van der Waals surface area contributed by atoms with Gasteiger partial charge in [0.2, 0.25) is 5.91 Å². The molecule has 2 N–H and O–H groups in total. The molecule has 0 spiro atoms. The van der Waals surface area contributed by atoms with Crippen molar-refractivity contribution in [3.8, 4) is 0 Å². The molecule has 0 saturated carbocycles. The molecule has 21 heavy (non-hydrogen) atoms. The third kappa shape index (κ3) is 2.87. The van der Waals surface area contributed by atoms with Crippen LogP contribution in [0.3, 0.4) is 0 Å². The Bertz CT molecular complexity index is 600. The van der Waals surface area contributed by atoms with Crippen molar-refractivity contribution >= 4 is 32.6 Å². The first-order valence-corrected chi connectivity index (χ1v) is 8.15. The van der Waals surface area contributed by atoms with Crippen molar-refractivity contribution < 1.29 is 4.79 Å². The van der Waals surface area contributed by atoms with E-state index in [1.54, 1.807) is 11.3 Å². The van der Waals surface area contributed by atoms with E-state index in [1.807, 2.05) is 30.0 Å². The lowest BCUT2D eigenvalue weighted by Gasteiger charge is -2.35. The maximum absolute atomic E-state index is 12.1. The Morgan fingerprint density at radius 3 is 2.71 bits per heavy atom. The Hall–Kier alpha value is -1.66. The molecule has 1 aromatic carbocycles. The number of carbonyl (C=O) groups excluding carboxylic acids is 1. The molecule has 1 atom stereocenters. The lowest BCUT2D eigenvalue weighted by atomic mass is 10.2. The van der Waals surface area contributed by atoms with E-state index in [9.17, 15) is 4.79 Å². The average molecular weight is 304 g/mol. The minimum atomic E-state index is -0.362. The minimum absolute atomic E-state index is 0.0708. The molecule has 2 heterocycles. The number of amides is 1. The van der Waals surface area contributed by atoms with Gasteiger partial charge in [-0.25, -0.2) is 4.98 Å². The van der Waals surface area contributed by atoms with Crippen molar-refractivity contribution in [3.63, 3.8) is 0 Å². The van der Waals surface area contributed by atoms with Gasteiger partial charge in [0.25, 0.3) is 0 Å². The zero-order chi connectivity index (χ0) is 14.8. The molecule has 1 fully saturated rings. The number of thiazole rings is 1. The van der Waals surface area contributed by atoms with Crippen LogP contribution in [0.2, 0.25) is 0 Å². The summed E-state index contributed by atoms with van der Waals surface area (Å²) in [5.74, 6) is 0.0708. The van der Waals surface area contributed by atoms with Gasteiger partial charge in [0.1, 0.15) is 0 Å². The average Bonchev–Trinajstić information content (AvgIpc) is 2.97. The van der Waals surface area contributed by atoms with Crippen molar-refractivity contribution in [3.05, 3.63) is 24.3 Å². The molecule has 6 heteroatoms. The predicted molar refractivity (Wildman–Crippen MR) is 86.7 cm³/mol. The molecule has 1 aromatic heterocycles. The van der Waals surface area contributed by atoms with Crippen LogP contribution in [0.1, 0.15) is 13.3 Å². The van der Waals surface area contributed by atoms with E-state index in [0.717, 1.165) is 36.8 Å². The molecule has 112 valence electrons. The number of carbonyl (C=O) groups is 1. The molecule has 0 bridgehead atoms. The second-order valence-electron chi connectivity index (χ2n) is 5.29. The van der Waals surface area contributed by atoms with Crippen LogP contribution in [0.15, 0.2) is 24.3 Å². The number of nitrogens with two attached hydrogens (primary N) is 1. The van der Waals surface area contributed by atoms with E-state index in [1.165, 1.54) is 4.70 Å². The van der Waals surface area contributed by atoms with Crippen molar-refractivity contribution in [1.82, 2.24) is 9.88 Å². The summed E-state index contributed by atoms with van der Waals surface area (Å²) in [7, 11) is 0. The summed E-state index contributed by atoms with van der Waals surface area (Å²) in [4.78, 5) is 20.9. The van der Waals surface area contributed by atoms with Crippen LogP contribution < -0.4 is 10.6 Å². The van der Waals surface area contributed by atoms with Gasteiger partial charge in [-0.3, -0.25) is 4.79 Å². The Balaban J connectivity index is 1.67. The highest BCUT2D eigenvalue weighted by atomic mass is 32.1. The van der Waals surface area contributed by atoms with Gasteiger partial charge in [0.05, 0.1) is 16.3 Å². The van der Waals surface area contributed by atoms with E-state index in [0.29, 0.717) is 6.42 Å². The van der Waals surface area contributed by atoms with Gasteiger partial charge in [0.15, 0.2) is 5.13 Å². The number of hydrogen-bond acceptors (Lipinski definition) is 5. The van der Waals surface area contributed by atoms with Gasteiger partial charge in [0, 0.05) is 26.2 Å². The molecule has 1 aliphatic heterocycles. The molecule has 0 aliphatic carbocycles. The number of rotatable bonds is 3. The molecular weight excluding hydrogens is 284 g/mol. The second-order valence-corrected chi connectivity index (χ2v) is 6.30. The highest BCUT2D eigenvalue weighted by Gasteiger charge is 2.25. The number of fused-ring (bicyclic) bond motifs is 1. The first-order valence-electron chi connectivity index (χ1n) is 7.34. The summed E-state index contributed by atoms with van der Waals surface area (Å²) in [5, 5.41) is 1.04. The highest BCUT2D eigenvalue weighted by Crippen LogP contribution is 2.29. The fraction of sp³-hybridized carbons (Fsp3) is 0.467. The second kappa shape index (κ2) is 5.99. The first kappa shape index (κ1) is 14.3. The third-order valence-electron chi connectivity index (χ3n) is 3.90. The van der Waals surface area contributed by atoms with Crippen molar-refractivity contribution in [2.75, 3.05) is 31.1 Å². The topological polar surface area (TPSA) is 62.5 Å². The summed E-state index contributed by atoms with van der Waals surface area (Å²) in [6.45, 7) is 5.04. The van der Waals surface area contributed by atoms with Crippen molar-refractivity contribution in [2.45, 2.75) is 19.4 Å². The predicted octanol–water partition coefficient (Wildman–Crippen LogP) is 1.68. The minimum Gasteiger partial charge on any atom is -0.345 e. The largest absolute Gasteiger partial charge is 0.345 e. The van der Waals surface area contributed by atoms with Crippen molar-refractivity contribution in [1.29, 1.82) is 0 Å². The van der Waals surface area contributed by atoms with Gasteiger partial charge in [-0.2, -0.15) is 0 Å². The fourth-order valence-corrected chi connectivity index (χ4v) is 3.54. The monoisotopic (exact) mass is 304 g/mol. The van der Waals surface area contributed by atoms with Crippen LogP contribution in [-0.4, -0.2) is 48.0 Å². The summed E-state index contributed by atoms with van der Waals surface area (Å²) in [6, 6.07) is 7.81. The van der Waals surface area contributed by atoms with Crippen LogP contribution in [0.25, 0.3) is 10.2 Å². The Labute approximate surface area is 128 Å². The summed E-state index contributed by atoms with van der Waals surface area (Å²) >= 11 is 1.71. The number of piperazine rings is 1. The Kier molecular flexibility index (Phi) is 4.07. The standard InChI is InChI=1S/C15H20N4OS/c1-2-11(16)14(20)18-7-9-19(10-8-18)15-17-12-5-3-4-6-13(12)21-15/h3-6,11H,2,7-10,16H2,1H3/t11-/m1/s1. The first-order chi connectivity index (χ1) is 10.2. The molecule has 0 radical (unpaired) electrons. The van der Waals surface area contributed by atoms with E-state index in [-0.39, 0.29) is 11.9 Å². The lowest BCUT2D eigenvalue weighted by molar-refractivity contribution is -0.132. The molecular formula is C15H20N4OS. The number of anilines is 1. The molecule has 5 nitrogen and oxygen atoms in total. The van der Waals surface area contributed by atoms with Crippen molar-refractivity contribution in [2.24, 2.45) is 5.73 Å². The van der Waals surface area contributed by atoms with Crippen LogP contribution in [0, 0.1) is 0 Å². The van der Waals surface area contributed by atoms with Crippen LogP contribution in [-0.2, 0) is 4.79 Å². The SMILES string of the molecule is CC[C@@H](N)C(=O)N1CCN(c2nc3ccccc3s2)CC1. The number of nitrogens with zero attached hydrogens (tertiary/aromatic N) is 3. The van der Waals surface area contributed by atoms with E-state index in [2.05, 4.69) is 16.0 Å². The van der Waals surface area contributed by atoms with Crippen LogP contribution >= 0.6 is 11.3 Å². The smallest absolute Gasteiger partial charge is 0.239 e. The summed E-state index contributed by atoms with van der Waals surface area (Å²) in [5.41, 5.74) is 6.87. The van der Waals surface area contributed by atoms with Gasteiger partial charge in [-0.05, 0) is 18.6 Å². The van der Waals surface area contributed by atoms with Crippen LogP contribution in [0.4, 0.5) is 5.13 Å². The van der Waals surface area contributed by atoms with Gasteiger partial charge in [-0.15, -0.1) is 0 Å². The van der Waals surface area contributed by atoms with Gasteiger partial charge < -0.3 is 15.5 Å². The molecule has 2 aromatic rings. The molecule has 1 amide bonds. The zero-order valence-electron chi connectivity index (χ0n) is 12.2. The third-order valence-corrected chi connectivity index (χ3v) is 5.00. The summed E-state index contributed by atoms with van der Waals surface area (Å²) < 4.78 is 1.21. The summed E-state index contributed by atoms with van der Waals surface area (Å²) in [6.07, 6.45) is 0.691. The van der Waals surface area contributed by atoms with E-state index < -0.39 is 0 Å². The Morgan fingerprint density at radius 2 is 2.05 bits per heavy atom. The normalized spacial score (nSPS) is 17.2.